The third kappa shape index (κ3) is 5.90. The Morgan fingerprint density at radius 3 is 2.14 bits per heavy atom. The van der Waals surface area contributed by atoms with Crippen LogP contribution in [-0.2, 0) is 20.0 Å². The summed E-state index contributed by atoms with van der Waals surface area (Å²) in [5.74, 6) is -0.392. The monoisotopic (exact) mass is 563 g/mol. The van der Waals surface area contributed by atoms with Gasteiger partial charge in [-0.25, -0.2) is 16.8 Å². The normalized spacial score (nSPS) is 14.4. The Morgan fingerprint density at radius 1 is 0.892 bits per heavy atom. The molecule has 1 aliphatic heterocycles. The van der Waals surface area contributed by atoms with Gasteiger partial charge in [-0.05, 0) is 79.9 Å². The zero-order valence-electron chi connectivity index (χ0n) is 20.2. The van der Waals surface area contributed by atoms with Gasteiger partial charge >= 0.3 is 0 Å². The maximum atomic E-state index is 13.0. The van der Waals surface area contributed by atoms with Gasteiger partial charge < -0.3 is 10.1 Å². The van der Waals surface area contributed by atoms with E-state index >= 15 is 0 Å². The van der Waals surface area contributed by atoms with Crippen LogP contribution >= 0.6 is 11.6 Å². The highest BCUT2D eigenvalue weighted by Gasteiger charge is 2.28. The standard InChI is InChI=1S/C25H26ClN3O6S2/c1-17-5-6-19(15-23(17)26)28-36(31,32)20-9-7-18(8-10-20)27-25(30)22-16-21(11-12-24(22)35-2)37(33,34)29-13-3-4-14-29/h5-12,15-16,28H,3-4,13-14H2,1-2H3,(H,27,30). The van der Waals surface area contributed by atoms with E-state index in [-0.39, 0.29) is 21.1 Å². The van der Waals surface area contributed by atoms with Crippen molar-refractivity contribution in [2.24, 2.45) is 0 Å². The third-order valence-corrected chi connectivity index (χ3v) is 9.66. The number of nitrogens with one attached hydrogen (secondary N) is 2. The lowest BCUT2D eigenvalue weighted by atomic mass is 10.2. The minimum Gasteiger partial charge on any atom is -0.496 e. The molecule has 1 aliphatic rings. The van der Waals surface area contributed by atoms with Crippen molar-refractivity contribution in [3.63, 3.8) is 0 Å². The molecule has 0 spiro atoms. The van der Waals surface area contributed by atoms with E-state index < -0.39 is 26.0 Å². The molecule has 0 saturated carbocycles. The maximum absolute atomic E-state index is 13.0. The number of benzene rings is 3. The van der Waals surface area contributed by atoms with Crippen molar-refractivity contribution in [3.05, 3.63) is 76.8 Å². The zero-order chi connectivity index (χ0) is 26.8. The number of rotatable bonds is 8. The molecular formula is C25H26ClN3O6S2. The van der Waals surface area contributed by atoms with Crippen molar-refractivity contribution in [1.29, 1.82) is 0 Å². The number of amides is 1. The van der Waals surface area contributed by atoms with E-state index in [0.717, 1.165) is 18.4 Å². The molecule has 2 N–H and O–H groups in total. The molecule has 0 aromatic heterocycles. The number of ether oxygens (including phenoxy) is 1. The van der Waals surface area contributed by atoms with Crippen LogP contribution in [0.3, 0.4) is 0 Å². The molecule has 12 heteroatoms. The fraction of sp³-hybridized carbons (Fsp3) is 0.240. The Kier molecular flexibility index (Phi) is 7.79. The van der Waals surface area contributed by atoms with Crippen LogP contribution < -0.4 is 14.8 Å². The van der Waals surface area contributed by atoms with Crippen LogP contribution in [0.15, 0.2) is 70.5 Å². The molecule has 1 amide bonds. The van der Waals surface area contributed by atoms with Crippen molar-refractivity contribution >= 4 is 48.9 Å². The van der Waals surface area contributed by atoms with Crippen molar-refractivity contribution in [2.75, 3.05) is 30.2 Å². The first-order valence-corrected chi connectivity index (χ1v) is 14.7. The van der Waals surface area contributed by atoms with Gasteiger partial charge in [0.2, 0.25) is 10.0 Å². The number of hydrogen-bond acceptors (Lipinski definition) is 6. The molecule has 3 aromatic carbocycles. The van der Waals surface area contributed by atoms with Gasteiger partial charge in [-0.2, -0.15) is 4.31 Å². The molecule has 1 fully saturated rings. The number of carbonyl (C=O) groups excluding carboxylic acids is 1. The van der Waals surface area contributed by atoms with E-state index in [2.05, 4.69) is 10.0 Å². The molecular weight excluding hydrogens is 538 g/mol. The van der Waals surface area contributed by atoms with Crippen molar-refractivity contribution in [2.45, 2.75) is 29.6 Å². The molecule has 3 aromatic rings. The second kappa shape index (κ2) is 10.7. The summed E-state index contributed by atoms with van der Waals surface area (Å²) >= 11 is 6.08. The Balaban J connectivity index is 1.52. The van der Waals surface area contributed by atoms with Gasteiger partial charge in [-0.1, -0.05) is 17.7 Å². The molecule has 0 atom stereocenters. The van der Waals surface area contributed by atoms with Crippen molar-refractivity contribution in [1.82, 2.24) is 4.31 Å². The summed E-state index contributed by atoms with van der Waals surface area (Å²) in [5, 5.41) is 3.10. The number of methoxy groups -OCH3 is 1. The van der Waals surface area contributed by atoms with Gasteiger partial charge in [0.15, 0.2) is 0 Å². The van der Waals surface area contributed by atoms with Crippen LogP contribution in [-0.4, -0.2) is 47.2 Å². The Labute approximate surface area is 221 Å². The lowest BCUT2D eigenvalue weighted by Gasteiger charge is -2.17. The van der Waals surface area contributed by atoms with E-state index in [0.29, 0.717) is 29.5 Å². The predicted molar refractivity (Wildman–Crippen MR) is 142 cm³/mol. The minimum absolute atomic E-state index is 0.00377. The van der Waals surface area contributed by atoms with Gasteiger partial charge in [-0.3, -0.25) is 9.52 Å². The van der Waals surface area contributed by atoms with E-state index in [4.69, 9.17) is 16.3 Å². The molecule has 1 heterocycles. The fourth-order valence-electron chi connectivity index (χ4n) is 3.89. The van der Waals surface area contributed by atoms with Crippen molar-refractivity contribution in [3.8, 4) is 5.75 Å². The second-order valence-electron chi connectivity index (χ2n) is 8.52. The fourth-order valence-corrected chi connectivity index (χ4v) is 6.66. The van der Waals surface area contributed by atoms with Crippen molar-refractivity contribution < 1.29 is 26.4 Å². The van der Waals surface area contributed by atoms with E-state index in [1.54, 1.807) is 12.1 Å². The minimum atomic E-state index is -3.89. The maximum Gasteiger partial charge on any atom is 0.261 e. The number of nitrogens with zero attached hydrogens (tertiary/aromatic N) is 1. The van der Waals surface area contributed by atoms with E-state index in [1.807, 2.05) is 6.92 Å². The Bertz CT molecular complexity index is 1540. The highest BCUT2D eigenvalue weighted by atomic mass is 35.5. The number of anilines is 2. The number of carbonyl (C=O) groups is 1. The van der Waals surface area contributed by atoms with Gasteiger partial charge in [-0.15, -0.1) is 0 Å². The Morgan fingerprint density at radius 2 is 1.51 bits per heavy atom. The molecule has 0 radical (unpaired) electrons. The summed E-state index contributed by atoms with van der Waals surface area (Å²) in [5.41, 5.74) is 1.50. The predicted octanol–water partition coefficient (Wildman–Crippen LogP) is 4.49. The largest absolute Gasteiger partial charge is 0.496 e. The average Bonchev–Trinajstić information content (AvgIpc) is 3.42. The van der Waals surface area contributed by atoms with Crippen LogP contribution in [0.25, 0.3) is 0 Å². The van der Waals surface area contributed by atoms with Crippen LogP contribution in [0, 0.1) is 6.92 Å². The molecule has 0 aliphatic carbocycles. The summed E-state index contributed by atoms with van der Waals surface area (Å²) < 4.78 is 60.5. The molecule has 0 bridgehead atoms. The number of hydrogen-bond donors (Lipinski definition) is 2. The number of aryl methyl sites for hydroxylation is 1. The van der Waals surface area contributed by atoms with E-state index in [1.165, 1.54) is 59.9 Å². The van der Waals surface area contributed by atoms with Crippen LogP contribution in [0.5, 0.6) is 5.75 Å². The van der Waals surface area contributed by atoms with E-state index in [9.17, 15) is 21.6 Å². The number of halogens is 1. The van der Waals surface area contributed by atoms with Crippen LogP contribution in [0.1, 0.15) is 28.8 Å². The highest BCUT2D eigenvalue weighted by molar-refractivity contribution is 7.92. The first-order chi connectivity index (χ1) is 17.5. The Hall–Kier alpha value is -3.12. The lowest BCUT2D eigenvalue weighted by molar-refractivity contribution is 0.102. The lowest BCUT2D eigenvalue weighted by Crippen LogP contribution is -2.28. The topological polar surface area (TPSA) is 122 Å². The summed E-state index contributed by atoms with van der Waals surface area (Å²) in [6.45, 7) is 2.69. The second-order valence-corrected chi connectivity index (χ2v) is 12.5. The molecule has 196 valence electrons. The quantitative estimate of drug-likeness (QED) is 0.416. The van der Waals surface area contributed by atoms with Crippen LogP contribution in [0.4, 0.5) is 11.4 Å². The van der Waals surface area contributed by atoms with Gasteiger partial charge in [0.05, 0.1) is 28.2 Å². The molecule has 1 saturated heterocycles. The zero-order valence-corrected chi connectivity index (χ0v) is 22.6. The first kappa shape index (κ1) is 26.9. The van der Waals surface area contributed by atoms with Crippen LogP contribution in [0.2, 0.25) is 5.02 Å². The van der Waals surface area contributed by atoms with Gasteiger partial charge in [0.25, 0.3) is 15.9 Å². The third-order valence-electron chi connectivity index (χ3n) is 5.96. The number of sulfonamides is 2. The summed E-state index contributed by atoms with van der Waals surface area (Å²) in [4.78, 5) is 13.0. The summed E-state index contributed by atoms with van der Waals surface area (Å²) in [7, 11) is -6.24. The molecule has 0 unspecified atom stereocenters. The SMILES string of the molecule is COc1ccc(S(=O)(=O)N2CCCC2)cc1C(=O)Nc1ccc(S(=O)(=O)Nc2ccc(C)c(Cl)c2)cc1. The first-order valence-electron chi connectivity index (χ1n) is 11.4. The molecule has 37 heavy (non-hydrogen) atoms. The summed E-state index contributed by atoms with van der Waals surface area (Å²) in [6, 6.07) is 14.5. The average molecular weight is 564 g/mol. The molecule has 4 rings (SSSR count). The summed E-state index contributed by atoms with van der Waals surface area (Å²) in [6.07, 6.45) is 1.59. The molecule has 9 nitrogen and oxygen atoms in total. The van der Waals surface area contributed by atoms with Gasteiger partial charge in [0, 0.05) is 23.8 Å². The van der Waals surface area contributed by atoms with Gasteiger partial charge in [0.1, 0.15) is 5.75 Å². The highest BCUT2D eigenvalue weighted by Crippen LogP contribution is 2.28. The smallest absolute Gasteiger partial charge is 0.261 e.